The van der Waals surface area contributed by atoms with Crippen molar-refractivity contribution < 1.29 is 33.5 Å². The number of benzene rings is 1. The van der Waals surface area contributed by atoms with Gasteiger partial charge in [0, 0.05) is 16.6 Å². The van der Waals surface area contributed by atoms with E-state index in [4.69, 9.17) is 18.9 Å². The van der Waals surface area contributed by atoms with Gasteiger partial charge < -0.3 is 18.9 Å². The summed E-state index contributed by atoms with van der Waals surface area (Å²) in [5, 5.41) is 11.2. The fraction of sp³-hybridized carbons (Fsp3) is 0.529. The maximum absolute atomic E-state index is 12.4. The summed E-state index contributed by atoms with van der Waals surface area (Å²) in [7, 11) is 2.84. The maximum Gasteiger partial charge on any atom is 0.321 e. The third-order valence-electron chi connectivity index (χ3n) is 3.67. The molecule has 0 heterocycles. The Labute approximate surface area is 151 Å². The van der Waals surface area contributed by atoms with Crippen LogP contribution in [0.1, 0.15) is 25.3 Å². The first-order valence-corrected chi connectivity index (χ1v) is 8.06. The number of ether oxygens (including phenoxy) is 4. The first-order valence-electron chi connectivity index (χ1n) is 8.06. The molecule has 0 bridgehead atoms. The van der Waals surface area contributed by atoms with Crippen LogP contribution in [0.5, 0.6) is 11.5 Å². The van der Waals surface area contributed by atoms with Gasteiger partial charge in [-0.25, -0.2) is 0 Å². The van der Waals surface area contributed by atoms with E-state index >= 15 is 0 Å². The first-order chi connectivity index (χ1) is 12.4. The van der Waals surface area contributed by atoms with Gasteiger partial charge in [0.25, 0.3) is 0 Å². The molecular formula is C17H23NO8. The second-order valence-electron chi connectivity index (χ2n) is 5.21. The SMILES string of the molecule is CCOC(=O)C(C(=O)OCC)[C@H](C[N+](=O)[O-])c1ccc(OC)cc1OC. The highest BCUT2D eigenvalue weighted by Gasteiger charge is 2.42. The Morgan fingerprint density at radius 3 is 2.08 bits per heavy atom. The summed E-state index contributed by atoms with van der Waals surface area (Å²) in [4.78, 5) is 35.3. The molecule has 1 rings (SSSR count). The lowest BCUT2D eigenvalue weighted by molar-refractivity contribution is -0.484. The second kappa shape index (κ2) is 10.2. The van der Waals surface area contributed by atoms with Crippen molar-refractivity contribution in [3.8, 4) is 11.5 Å². The van der Waals surface area contributed by atoms with Crippen LogP contribution in [0.25, 0.3) is 0 Å². The third-order valence-corrected chi connectivity index (χ3v) is 3.67. The van der Waals surface area contributed by atoms with Crippen molar-refractivity contribution in [2.45, 2.75) is 19.8 Å². The Morgan fingerprint density at radius 2 is 1.65 bits per heavy atom. The molecule has 26 heavy (non-hydrogen) atoms. The molecule has 0 radical (unpaired) electrons. The largest absolute Gasteiger partial charge is 0.497 e. The van der Waals surface area contributed by atoms with Gasteiger partial charge in [-0.15, -0.1) is 0 Å². The van der Waals surface area contributed by atoms with E-state index in [0.717, 1.165) is 0 Å². The van der Waals surface area contributed by atoms with Crippen molar-refractivity contribution in [3.05, 3.63) is 33.9 Å². The molecule has 0 aromatic heterocycles. The van der Waals surface area contributed by atoms with E-state index in [1.807, 2.05) is 0 Å². The number of carbonyl (C=O) groups excluding carboxylic acids is 2. The summed E-state index contributed by atoms with van der Waals surface area (Å²) in [5.74, 6) is -3.64. The van der Waals surface area contributed by atoms with Crippen LogP contribution in [0.4, 0.5) is 0 Å². The molecule has 9 heteroatoms. The predicted octanol–water partition coefficient (Wildman–Crippen LogP) is 1.81. The molecule has 144 valence electrons. The second-order valence-corrected chi connectivity index (χ2v) is 5.21. The molecule has 1 atom stereocenters. The minimum atomic E-state index is -1.48. The van der Waals surface area contributed by atoms with Crippen LogP contribution in [-0.4, -0.2) is 50.8 Å². The Kier molecular flexibility index (Phi) is 8.33. The molecule has 0 aliphatic heterocycles. The quantitative estimate of drug-likeness (QED) is 0.265. The lowest BCUT2D eigenvalue weighted by Gasteiger charge is -2.23. The normalized spacial score (nSPS) is 11.6. The minimum Gasteiger partial charge on any atom is -0.497 e. The lowest BCUT2D eigenvalue weighted by Crippen LogP contribution is -2.36. The van der Waals surface area contributed by atoms with Crippen molar-refractivity contribution in [2.24, 2.45) is 5.92 Å². The summed E-state index contributed by atoms with van der Waals surface area (Å²) in [5.41, 5.74) is 0.316. The van der Waals surface area contributed by atoms with Crippen molar-refractivity contribution >= 4 is 11.9 Å². The van der Waals surface area contributed by atoms with E-state index < -0.39 is 35.2 Å². The van der Waals surface area contributed by atoms with Crippen LogP contribution in [0, 0.1) is 16.0 Å². The zero-order chi connectivity index (χ0) is 19.7. The highest BCUT2D eigenvalue weighted by atomic mass is 16.6. The van der Waals surface area contributed by atoms with E-state index in [1.165, 1.54) is 26.4 Å². The Morgan fingerprint density at radius 1 is 1.08 bits per heavy atom. The van der Waals surface area contributed by atoms with Gasteiger partial charge >= 0.3 is 11.9 Å². The fourth-order valence-corrected chi connectivity index (χ4v) is 2.56. The summed E-state index contributed by atoms with van der Waals surface area (Å²) >= 11 is 0. The molecule has 0 fully saturated rings. The molecule has 0 amide bonds. The van der Waals surface area contributed by atoms with Gasteiger partial charge in [0.15, 0.2) is 5.92 Å². The standard InChI is InChI=1S/C17H23NO8/c1-5-25-16(19)15(17(20)26-6-2)13(10-18(21)22)12-8-7-11(23-3)9-14(12)24-4/h7-9,13,15H,5-6,10H2,1-4H3/t13-/m1/s1. The summed E-state index contributed by atoms with van der Waals surface area (Å²) in [6.45, 7) is 2.54. The highest BCUT2D eigenvalue weighted by molar-refractivity contribution is 5.96. The minimum absolute atomic E-state index is 0.0275. The Balaban J connectivity index is 3.46. The molecule has 0 saturated carbocycles. The number of nitrogens with zero attached hydrogens (tertiary/aromatic N) is 1. The summed E-state index contributed by atoms with van der Waals surface area (Å²) < 4.78 is 20.3. The van der Waals surface area contributed by atoms with Crippen LogP contribution >= 0.6 is 0 Å². The molecule has 9 nitrogen and oxygen atoms in total. The number of methoxy groups -OCH3 is 2. The van der Waals surface area contributed by atoms with Gasteiger partial charge in [-0.2, -0.15) is 0 Å². The van der Waals surface area contributed by atoms with Gasteiger partial charge in [0.1, 0.15) is 11.5 Å². The van der Waals surface area contributed by atoms with Crippen molar-refractivity contribution in [2.75, 3.05) is 34.0 Å². The van der Waals surface area contributed by atoms with E-state index in [9.17, 15) is 19.7 Å². The van der Waals surface area contributed by atoms with E-state index in [-0.39, 0.29) is 19.0 Å². The highest BCUT2D eigenvalue weighted by Crippen LogP contribution is 2.36. The number of carbonyl (C=O) groups is 2. The average molecular weight is 369 g/mol. The molecule has 0 unspecified atom stereocenters. The molecule has 1 aromatic rings. The summed E-state index contributed by atoms with van der Waals surface area (Å²) in [6, 6.07) is 4.62. The van der Waals surface area contributed by atoms with Crippen molar-refractivity contribution in [1.29, 1.82) is 0 Å². The number of hydrogen-bond acceptors (Lipinski definition) is 8. The Bertz CT molecular complexity index is 628. The molecule has 0 aliphatic rings. The zero-order valence-corrected chi connectivity index (χ0v) is 15.2. The topological polar surface area (TPSA) is 114 Å². The first kappa shape index (κ1) is 21.2. The lowest BCUT2D eigenvalue weighted by atomic mass is 9.85. The smallest absolute Gasteiger partial charge is 0.321 e. The van der Waals surface area contributed by atoms with Gasteiger partial charge in [-0.05, 0) is 19.9 Å². The van der Waals surface area contributed by atoms with Crippen LogP contribution < -0.4 is 9.47 Å². The average Bonchev–Trinajstić information content (AvgIpc) is 2.60. The number of rotatable bonds is 10. The van der Waals surface area contributed by atoms with Crippen LogP contribution in [-0.2, 0) is 19.1 Å². The van der Waals surface area contributed by atoms with Gasteiger partial charge in [0.05, 0.1) is 33.4 Å². The van der Waals surface area contributed by atoms with E-state index in [1.54, 1.807) is 19.9 Å². The van der Waals surface area contributed by atoms with Gasteiger partial charge in [-0.3, -0.25) is 19.7 Å². The zero-order valence-electron chi connectivity index (χ0n) is 15.2. The predicted molar refractivity (Wildman–Crippen MR) is 90.9 cm³/mol. The molecule has 1 aromatic carbocycles. The Hall–Kier alpha value is -2.84. The van der Waals surface area contributed by atoms with Crippen LogP contribution in [0.15, 0.2) is 18.2 Å². The molecule has 0 N–H and O–H groups in total. The molecule has 0 spiro atoms. The van der Waals surface area contributed by atoms with Crippen molar-refractivity contribution in [3.63, 3.8) is 0 Å². The van der Waals surface area contributed by atoms with Crippen LogP contribution in [0.2, 0.25) is 0 Å². The molecule has 0 aliphatic carbocycles. The fourth-order valence-electron chi connectivity index (χ4n) is 2.56. The molecule has 0 saturated heterocycles. The number of nitro groups is 1. The van der Waals surface area contributed by atoms with Gasteiger partial charge in [-0.1, -0.05) is 6.07 Å². The summed E-state index contributed by atoms with van der Waals surface area (Å²) in [6.07, 6.45) is 0. The van der Waals surface area contributed by atoms with Crippen LogP contribution in [0.3, 0.4) is 0 Å². The van der Waals surface area contributed by atoms with E-state index in [2.05, 4.69) is 0 Å². The van der Waals surface area contributed by atoms with Crippen molar-refractivity contribution in [1.82, 2.24) is 0 Å². The number of esters is 2. The number of hydrogen-bond donors (Lipinski definition) is 0. The third kappa shape index (κ3) is 5.33. The van der Waals surface area contributed by atoms with E-state index in [0.29, 0.717) is 11.3 Å². The molecular weight excluding hydrogens is 346 g/mol. The maximum atomic E-state index is 12.4. The monoisotopic (exact) mass is 369 g/mol. The van der Waals surface area contributed by atoms with Gasteiger partial charge in [0.2, 0.25) is 6.54 Å².